The van der Waals surface area contributed by atoms with Crippen LogP contribution < -0.4 is 5.73 Å². The van der Waals surface area contributed by atoms with Gasteiger partial charge in [0.1, 0.15) is 0 Å². The van der Waals surface area contributed by atoms with E-state index in [0.29, 0.717) is 0 Å². The maximum atomic E-state index is 12.0. The van der Waals surface area contributed by atoms with Crippen LogP contribution in [0.5, 0.6) is 0 Å². The number of rotatable bonds is 1. The maximum Gasteiger partial charge on any atom is 0.253 e. The van der Waals surface area contributed by atoms with E-state index in [0.717, 1.165) is 31.5 Å². The Morgan fingerprint density at radius 3 is 2.31 bits per heavy atom. The van der Waals surface area contributed by atoms with Crippen LogP contribution in [0.4, 0.5) is 0 Å². The zero-order chi connectivity index (χ0) is 10.7. The lowest BCUT2D eigenvalue weighted by Gasteiger charge is -2.30. The molecule has 3 nitrogen and oxygen atoms in total. The van der Waals surface area contributed by atoms with Crippen LogP contribution in [-0.2, 0) is 0 Å². The number of piperidine rings is 1. The molecule has 3 heteroatoms. The van der Waals surface area contributed by atoms with Crippen LogP contribution in [0.25, 0.3) is 0 Å². The zero-order valence-corrected chi connectivity index (χ0v) is 8.73. The van der Waals surface area contributed by atoms with E-state index in [2.05, 4.69) is 0 Å². The van der Waals surface area contributed by atoms with Crippen molar-refractivity contribution in [2.24, 2.45) is 5.73 Å². The van der Waals surface area contributed by atoms with Gasteiger partial charge in [-0.05, 0) is 25.0 Å². The van der Waals surface area contributed by atoms with Crippen LogP contribution in [0.15, 0.2) is 30.3 Å². The summed E-state index contributed by atoms with van der Waals surface area (Å²) in [5.74, 6) is 0.127. The Hall–Kier alpha value is -1.35. The summed E-state index contributed by atoms with van der Waals surface area (Å²) in [6.07, 6.45) is 1.83. The highest BCUT2D eigenvalue weighted by Gasteiger charge is 2.21. The molecule has 0 saturated carbocycles. The number of hydrogen-bond donors (Lipinski definition) is 1. The second-order valence-electron chi connectivity index (χ2n) is 4.00. The molecule has 1 aromatic carbocycles. The van der Waals surface area contributed by atoms with E-state index in [9.17, 15) is 4.79 Å². The van der Waals surface area contributed by atoms with Crippen molar-refractivity contribution in [1.82, 2.24) is 4.90 Å². The molecule has 1 saturated heterocycles. The first-order valence-electron chi connectivity index (χ1n) is 5.37. The molecule has 1 aliphatic rings. The van der Waals surface area contributed by atoms with Crippen LogP contribution in [0.1, 0.15) is 30.6 Å². The maximum absolute atomic E-state index is 12.0. The molecule has 0 aliphatic carbocycles. The number of hydrogen-bond acceptors (Lipinski definition) is 2. The predicted molar refractivity (Wildman–Crippen MR) is 66.3 cm³/mol. The van der Waals surface area contributed by atoms with Gasteiger partial charge in [-0.2, -0.15) is 0 Å². The number of carbonyl (C=O) groups is 1. The van der Waals surface area contributed by atoms with E-state index < -0.39 is 0 Å². The molecule has 1 amide bonds. The smallest absolute Gasteiger partial charge is 0.253 e. The second-order valence-corrected chi connectivity index (χ2v) is 4.00. The van der Waals surface area contributed by atoms with E-state index in [1.54, 1.807) is 0 Å². The van der Waals surface area contributed by atoms with Gasteiger partial charge in [0.15, 0.2) is 0 Å². The van der Waals surface area contributed by atoms with Crippen molar-refractivity contribution in [3.63, 3.8) is 0 Å². The standard InChI is InChI=1S/C12H16N2O.CH4/c13-11-6-8-14(9-7-11)12(15)10-4-2-1-3-5-10;/h1-5,11H,6-9,13H2;1H4. The van der Waals surface area contributed by atoms with Crippen LogP contribution >= 0.6 is 0 Å². The molecule has 1 heterocycles. The molecule has 0 spiro atoms. The molecule has 0 radical (unpaired) electrons. The van der Waals surface area contributed by atoms with Gasteiger partial charge >= 0.3 is 0 Å². The normalized spacial score (nSPS) is 16.7. The summed E-state index contributed by atoms with van der Waals surface area (Å²) in [6, 6.07) is 9.69. The molecular weight excluding hydrogens is 200 g/mol. The summed E-state index contributed by atoms with van der Waals surface area (Å²) in [5.41, 5.74) is 6.57. The fraction of sp³-hybridized carbons (Fsp3) is 0.462. The Morgan fingerprint density at radius 1 is 1.19 bits per heavy atom. The third kappa shape index (κ3) is 2.83. The summed E-state index contributed by atoms with van der Waals surface area (Å²) >= 11 is 0. The first-order chi connectivity index (χ1) is 7.27. The molecule has 1 aromatic rings. The summed E-state index contributed by atoms with van der Waals surface area (Å²) < 4.78 is 0. The van der Waals surface area contributed by atoms with Crippen LogP contribution in [-0.4, -0.2) is 29.9 Å². The molecular formula is C13H20N2O. The lowest BCUT2D eigenvalue weighted by atomic mass is 10.1. The van der Waals surface area contributed by atoms with Crippen LogP contribution in [0.2, 0.25) is 0 Å². The number of likely N-dealkylation sites (tertiary alicyclic amines) is 1. The number of benzene rings is 1. The quantitative estimate of drug-likeness (QED) is 0.785. The van der Waals surface area contributed by atoms with E-state index >= 15 is 0 Å². The first-order valence-corrected chi connectivity index (χ1v) is 5.37. The number of nitrogens with zero attached hydrogens (tertiary/aromatic N) is 1. The Bertz CT molecular complexity index is 329. The van der Waals surface area contributed by atoms with Crippen molar-refractivity contribution in [2.45, 2.75) is 26.3 Å². The summed E-state index contributed by atoms with van der Waals surface area (Å²) in [5, 5.41) is 0. The van der Waals surface area contributed by atoms with Gasteiger partial charge in [0.05, 0.1) is 0 Å². The van der Waals surface area contributed by atoms with Gasteiger partial charge in [-0.1, -0.05) is 25.6 Å². The molecule has 2 N–H and O–H groups in total. The molecule has 1 fully saturated rings. The van der Waals surface area contributed by atoms with E-state index in [1.807, 2.05) is 35.2 Å². The predicted octanol–water partition coefficient (Wildman–Crippen LogP) is 1.89. The van der Waals surface area contributed by atoms with Gasteiger partial charge in [0.25, 0.3) is 5.91 Å². The highest BCUT2D eigenvalue weighted by Crippen LogP contribution is 2.12. The number of carbonyl (C=O) groups excluding carboxylic acids is 1. The SMILES string of the molecule is C.NC1CCN(C(=O)c2ccccc2)CC1. The lowest BCUT2D eigenvalue weighted by Crippen LogP contribution is -2.42. The van der Waals surface area contributed by atoms with Gasteiger partial charge in [0.2, 0.25) is 0 Å². The van der Waals surface area contributed by atoms with Crippen molar-refractivity contribution in [3.8, 4) is 0 Å². The minimum atomic E-state index is 0. The van der Waals surface area contributed by atoms with E-state index in [1.165, 1.54) is 0 Å². The first kappa shape index (κ1) is 12.7. The van der Waals surface area contributed by atoms with E-state index in [4.69, 9.17) is 5.73 Å². The minimum absolute atomic E-state index is 0. The topological polar surface area (TPSA) is 46.3 Å². The van der Waals surface area contributed by atoms with Gasteiger partial charge in [0, 0.05) is 24.7 Å². The molecule has 16 heavy (non-hydrogen) atoms. The fourth-order valence-electron chi connectivity index (χ4n) is 1.87. The lowest BCUT2D eigenvalue weighted by molar-refractivity contribution is 0.0715. The number of nitrogens with two attached hydrogens (primary N) is 1. The minimum Gasteiger partial charge on any atom is -0.339 e. The highest BCUT2D eigenvalue weighted by atomic mass is 16.2. The largest absolute Gasteiger partial charge is 0.339 e. The van der Waals surface area contributed by atoms with Crippen molar-refractivity contribution in [3.05, 3.63) is 35.9 Å². The Balaban J connectivity index is 0.00000128. The summed E-state index contributed by atoms with van der Waals surface area (Å²) in [4.78, 5) is 13.9. The van der Waals surface area contributed by atoms with Crippen LogP contribution in [0.3, 0.4) is 0 Å². The van der Waals surface area contributed by atoms with E-state index in [-0.39, 0.29) is 19.4 Å². The van der Waals surface area contributed by atoms with Gasteiger partial charge < -0.3 is 10.6 Å². The van der Waals surface area contributed by atoms with Crippen molar-refractivity contribution in [1.29, 1.82) is 0 Å². The zero-order valence-electron chi connectivity index (χ0n) is 8.73. The average molecular weight is 220 g/mol. The average Bonchev–Trinajstić information content (AvgIpc) is 2.30. The van der Waals surface area contributed by atoms with Crippen molar-refractivity contribution in [2.75, 3.05) is 13.1 Å². The third-order valence-corrected chi connectivity index (χ3v) is 2.85. The highest BCUT2D eigenvalue weighted by molar-refractivity contribution is 5.94. The Labute approximate surface area is 97.2 Å². The Morgan fingerprint density at radius 2 is 1.75 bits per heavy atom. The molecule has 0 atom stereocenters. The summed E-state index contributed by atoms with van der Waals surface area (Å²) in [7, 11) is 0. The molecule has 88 valence electrons. The molecule has 0 unspecified atom stereocenters. The molecule has 2 rings (SSSR count). The second kappa shape index (κ2) is 5.66. The van der Waals surface area contributed by atoms with Crippen molar-refractivity contribution < 1.29 is 4.79 Å². The molecule has 0 bridgehead atoms. The molecule has 1 aliphatic heterocycles. The molecule has 0 aromatic heterocycles. The monoisotopic (exact) mass is 220 g/mol. The number of amides is 1. The Kier molecular flexibility index (Phi) is 4.50. The van der Waals surface area contributed by atoms with Gasteiger partial charge in [-0.25, -0.2) is 0 Å². The third-order valence-electron chi connectivity index (χ3n) is 2.85. The van der Waals surface area contributed by atoms with Gasteiger partial charge in [-0.3, -0.25) is 4.79 Å². The van der Waals surface area contributed by atoms with Crippen molar-refractivity contribution >= 4 is 5.91 Å². The van der Waals surface area contributed by atoms with Crippen LogP contribution in [0, 0.1) is 0 Å². The fourth-order valence-corrected chi connectivity index (χ4v) is 1.87. The summed E-state index contributed by atoms with van der Waals surface area (Å²) in [6.45, 7) is 1.57. The van der Waals surface area contributed by atoms with Gasteiger partial charge in [-0.15, -0.1) is 0 Å².